The van der Waals surface area contributed by atoms with E-state index in [1.165, 1.54) is 0 Å². The monoisotopic (exact) mass is 145 g/mol. The molecule has 0 bridgehead atoms. The van der Waals surface area contributed by atoms with E-state index < -0.39 is 0 Å². The second-order valence-electron chi connectivity index (χ2n) is 2.83. The van der Waals surface area contributed by atoms with Crippen LogP contribution in [0.1, 0.15) is 26.2 Å². The quantitative estimate of drug-likeness (QED) is 0.431. The van der Waals surface area contributed by atoms with Crippen molar-refractivity contribution in [3.63, 3.8) is 0 Å². The van der Waals surface area contributed by atoms with Crippen molar-refractivity contribution >= 4 is 6.29 Å². The average molecular weight is 145 g/mol. The molecule has 2 atom stereocenters. The highest BCUT2D eigenvalue weighted by atomic mass is 19.2. The Morgan fingerprint density at radius 2 is 2.40 bits per heavy atom. The molecule has 1 fully saturated rings. The van der Waals surface area contributed by atoms with E-state index in [1.54, 1.807) is 0 Å². The standard InChI is InChI=1S/C7H12FNO/c1-6-2-3-7(4-5-10)9(6)8/h5-7H,2-4H2,1H3. The zero-order valence-corrected chi connectivity index (χ0v) is 6.09. The van der Waals surface area contributed by atoms with Gasteiger partial charge >= 0.3 is 0 Å². The van der Waals surface area contributed by atoms with Gasteiger partial charge in [-0.15, -0.1) is 9.60 Å². The van der Waals surface area contributed by atoms with Gasteiger partial charge in [-0.1, -0.05) is 0 Å². The maximum absolute atomic E-state index is 12.8. The van der Waals surface area contributed by atoms with Crippen molar-refractivity contribution in [2.45, 2.75) is 38.3 Å². The summed E-state index contributed by atoms with van der Waals surface area (Å²) >= 11 is 0. The Morgan fingerprint density at radius 3 is 2.80 bits per heavy atom. The number of carbonyl (C=O) groups is 1. The minimum Gasteiger partial charge on any atom is -0.303 e. The van der Waals surface area contributed by atoms with Crippen molar-refractivity contribution < 1.29 is 9.28 Å². The van der Waals surface area contributed by atoms with Crippen LogP contribution in [0.3, 0.4) is 0 Å². The summed E-state index contributed by atoms with van der Waals surface area (Å²) in [5, 5.41) is 0.800. The van der Waals surface area contributed by atoms with Crippen LogP contribution in [0.2, 0.25) is 0 Å². The molecule has 0 spiro atoms. The van der Waals surface area contributed by atoms with Crippen LogP contribution in [0.15, 0.2) is 0 Å². The molecule has 0 radical (unpaired) electrons. The van der Waals surface area contributed by atoms with Gasteiger partial charge in [0.15, 0.2) is 0 Å². The molecule has 0 aromatic carbocycles. The van der Waals surface area contributed by atoms with Crippen molar-refractivity contribution in [1.29, 1.82) is 0 Å². The average Bonchev–Trinajstić information content (AvgIpc) is 2.20. The van der Waals surface area contributed by atoms with Crippen LogP contribution in [0.25, 0.3) is 0 Å². The van der Waals surface area contributed by atoms with Crippen molar-refractivity contribution in [2.24, 2.45) is 0 Å². The summed E-state index contributed by atoms with van der Waals surface area (Å²) < 4.78 is 12.8. The molecular weight excluding hydrogens is 133 g/mol. The molecule has 0 N–H and O–H groups in total. The number of hydrogen-bond donors (Lipinski definition) is 0. The van der Waals surface area contributed by atoms with Gasteiger partial charge in [-0.05, 0) is 19.8 Å². The van der Waals surface area contributed by atoms with Gasteiger partial charge in [0.25, 0.3) is 0 Å². The third-order valence-corrected chi connectivity index (χ3v) is 2.06. The van der Waals surface area contributed by atoms with Crippen molar-refractivity contribution in [1.82, 2.24) is 5.12 Å². The van der Waals surface area contributed by atoms with Crippen LogP contribution < -0.4 is 0 Å². The normalized spacial score (nSPS) is 34.6. The van der Waals surface area contributed by atoms with E-state index in [2.05, 4.69) is 0 Å². The van der Waals surface area contributed by atoms with Crippen LogP contribution in [0, 0.1) is 0 Å². The second kappa shape index (κ2) is 3.10. The Kier molecular flexibility index (Phi) is 2.38. The Labute approximate surface area is 59.9 Å². The predicted octanol–water partition coefficient (Wildman–Crippen LogP) is 1.31. The first-order valence-electron chi connectivity index (χ1n) is 3.63. The van der Waals surface area contributed by atoms with Gasteiger partial charge in [0, 0.05) is 18.5 Å². The van der Waals surface area contributed by atoms with Crippen molar-refractivity contribution in [2.75, 3.05) is 0 Å². The summed E-state index contributed by atoms with van der Waals surface area (Å²) in [4.78, 5) is 10.0. The molecule has 2 unspecified atom stereocenters. The maximum Gasteiger partial charge on any atom is 0.121 e. The molecule has 10 heavy (non-hydrogen) atoms. The summed E-state index contributed by atoms with van der Waals surface area (Å²) in [6.07, 6.45) is 2.81. The third-order valence-electron chi connectivity index (χ3n) is 2.06. The molecule has 0 aliphatic carbocycles. The first-order valence-corrected chi connectivity index (χ1v) is 3.63. The molecule has 58 valence electrons. The summed E-state index contributed by atoms with van der Waals surface area (Å²) in [6.45, 7) is 1.84. The van der Waals surface area contributed by atoms with Gasteiger partial charge in [-0.3, -0.25) is 0 Å². The largest absolute Gasteiger partial charge is 0.303 e. The molecule has 0 aromatic rings. The van der Waals surface area contributed by atoms with Gasteiger partial charge in [0.2, 0.25) is 0 Å². The highest BCUT2D eigenvalue weighted by Gasteiger charge is 2.30. The van der Waals surface area contributed by atoms with E-state index in [9.17, 15) is 9.28 Å². The minimum absolute atomic E-state index is 0.00458. The topological polar surface area (TPSA) is 20.3 Å². The Morgan fingerprint density at radius 1 is 1.70 bits per heavy atom. The van der Waals surface area contributed by atoms with Crippen molar-refractivity contribution in [3.8, 4) is 0 Å². The molecular formula is C7H12FNO. The second-order valence-corrected chi connectivity index (χ2v) is 2.83. The van der Waals surface area contributed by atoms with Crippen LogP contribution >= 0.6 is 0 Å². The predicted molar refractivity (Wildman–Crippen MR) is 36.1 cm³/mol. The molecule has 3 heteroatoms. The molecule has 1 rings (SSSR count). The highest BCUT2D eigenvalue weighted by molar-refractivity contribution is 5.50. The summed E-state index contributed by atoms with van der Waals surface area (Å²) in [6, 6.07) is -0.141. The van der Waals surface area contributed by atoms with E-state index >= 15 is 0 Å². The minimum atomic E-state index is -0.146. The summed E-state index contributed by atoms with van der Waals surface area (Å²) in [5.41, 5.74) is 0. The number of halogens is 1. The van der Waals surface area contributed by atoms with E-state index in [0.717, 1.165) is 24.2 Å². The Balaban J connectivity index is 2.40. The number of carbonyl (C=O) groups excluding carboxylic acids is 1. The number of hydrogen-bond acceptors (Lipinski definition) is 2. The lowest BCUT2D eigenvalue weighted by molar-refractivity contribution is -0.111. The van der Waals surface area contributed by atoms with Crippen molar-refractivity contribution in [3.05, 3.63) is 0 Å². The lowest BCUT2D eigenvalue weighted by atomic mass is 10.2. The number of rotatable bonds is 2. The highest BCUT2D eigenvalue weighted by Crippen LogP contribution is 2.25. The first-order chi connectivity index (χ1) is 4.75. The molecule has 1 heterocycles. The maximum atomic E-state index is 12.8. The van der Waals surface area contributed by atoms with Gasteiger partial charge in [0.05, 0.1) is 0 Å². The first kappa shape index (κ1) is 7.66. The fraction of sp³-hybridized carbons (Fsp3) is 0.857. The fourth-order valence-electron chi connectivity index (χ4n) is 1.37. The van der Waals surface area contributed by atoms with Crippen LogP contribution in [-0.2, 0) is 4.79 Å². The molecule has 2 nitrogen and oxygen atoms in total. The van der Waals surface area contributed by atoms with E-state index in [-0.39, 0.29) is 12.1 Å². The fourth-order valence-corrected chi connectivity index (χ4v) is 1.37. The van der Waals surface area contributed by atoms with E-state index in [4.69, 9.17) is 0 Å². The van der Waals surface area contributed by atoms with Gasteiger partial charge in [0.1, 0.15) is 6.29 Å². The van der Waals surface area contributed by atoms with Crippen LogP contribution in [0.4, 0.5) is 4.48 Å². The number of nitrogens with zero attached hydrogens (tertiary/aromatic N) is 1. The Hall–Kier alpha value is -0.440. The third kappa shape index (κ3) is 1.34. The molecule has 1 aliphatic heterocycles. The van der Waals surface area contributed by atoms with E-state index in [1.807, 2.05) is 6.92 Å². The number of aldehydes is 1. The molecule has 0 aromatic heterocycles. The van der Waals surface area contributed by atoms with Gasteiger partial charge in [-0.2, -0.15) is 0 Å². The van der Waals surface area contributed by atoms with Gasteiger partial charge < -0.3 is 4.79 Å². The lowest BCUT2D eigenvalue weighted by Crippen LogP contribution is -2.26. The molecule has 1 saturated heterocycles. The zero-order valence-electron chi connectivity index (χ0n) is 6.09. The van der Waals surface area contributed by atoms with Crippen LogP contribution in [-0.4, -0.2) is 23.5 Å². The molecule has 1 aliphatic rings. The summed E-state index contributed by atoms with van der Waals surface area (Å²) in [5.74, 6) is 0. The van der Waals surface area contributed by atoms with Gasteiger partial charge in [-0.25, -0.2) is 0 Å². The molecule has 0 saturated carbocycles. The molecule has 0 amide bonds. The van der Waals surface area contributed by atoms with Crippen LogP contribution in [0.5, 0.6) is 0 Å². The SMILES string of the molecule is CC1CCC(CC=O)N1F. The van der Waals surface area contributed by atoms with E-state index in [0.29, 0.717) is 6.42 Å². The smallest absolute Gasteiger partial charge is 0.121 e. The summed E-state index contributed by atoms with van der Waals surface area (Å²) in [7, 11) is 0. The lowest BCUT2D eigenvalue weighted by Gasteiger charge is -2.15. The Bertz CT molecular complexity index is 129. The zero-order chi connectivity index (χ0) is 7.56.